The van der Waals surface area contributed by atoms with Gasteiger partial charge in [0.25, 0.3) is 0 Å². The number of carbonyl (C=O) groups excluding carboxylic acids is 1. The van der Waals surface area contributed by atoms with Gasteiger partial charge in [-0.1, -0.05) is 42.1 Å². The Balaban J connectivity index is 1.73. The van der Waals surface area contributed by atoms with Crippen molar-refractivity contribution in [1.29, 1.82) is 0 Å². The smallest absolute Gasteiger partial charge is 0.225 e. The summed E-state index contributed by atoms with van der Waals surface area (Å²) in [5.41, 5.74) is 0. The minimum Gasteiger partial charge on any atom is -0.342 e. The maximum atomic E-state index is 12.5. The van der Waals surface area contributed by atoms with Crippen LogP contribution in [-0.2, 0) is 4.79 Å². The van der Waals surface area contributed by atoms with Crippen molar-refractivity contribution in [2.24, 2.45) is 17.8 Å². The minimum atomic E-state index is 0.340. The zero-order valence-corrected chi connectivity index (χ0v) is 13.8. The molecule has 1 amide bonds. The summed E-state index contributed by atoms with van der Waals surface area (Å²) in [7, 11) is 0. The van der Waals surface area contributed by atoms with E-state index in [2.05, 4.69) is 27.8 Å². The second-order valence-electron chi connectivity index (χ2n) is 6.45. The predicted molar refractivity (Wildman–Crippen MR) is 83.5 cm³/mol. The number of likely N-dealkylation sites (tertiary alicyclic amines) is 1. The first-order valence-corrected chi connectivity index (χ1v) is 9.21. The highest BCUT2D eigenvalue weighted by Gasteiger charge is 2.32. The first-order chi connectivity index (χ1) is 9.24. The van der Waals surface area contributed by atoms with Gasteiger partial charge in [0.05, 0.1) is 0 Å². The van der Waals surface area contributed by atoms with Crippen LogP contribution in [0.15, 0.2) is 0 Å². The zero-order chi connectivity index (χ0) is 13.7. The van der Waals surface area contributed by atoms with Crippen molar-refractivity contribution in [1.82, 2.24) is 4.90 Å². The van der Waals surface area contributed by atoms with Crippen molar-refractivity contribution in [3.63, 3.8) is 0 Å². The normalized spacial score (nSPS) is 31.7. The van der Waals surface area contributed by atoms with Crippen LogP contribution < -0.4 is 0 Å². The molecular formula is C16H28BrNO. The number of rotatable bonds is 5. The van der Waals surface area contributed by atoms with Gasteiger partial charge in [0.1, 0.15) is 0 Å². The fourth-order valence-corrected chi connectivity index (χ4v) is 4.14. The highest BCUT2D eigenvalue weighted by atomic mass is 79.9. The Bertz CT molecular complexity index is 286. The van der Waals surface area contributed by atoms with E-state index in [9.17, 15) is 4.79 Å². The Kier molecular flexibility index (Phi) is 6.18. The summed E-state index contributed by atoms with van der Waals surface area (Å²) in [5.74, 6) is 2.38. The lowest BCUT2D eigenvalue weighted by atomic mass is 9.79. The molecule has 0 aromatic carbocycles. The van der Waals surface area contributed by atoms with Gasteiger partial charge < -0.3 is 4.90 Å². The third-order valence-electron chi connectivity index (χ3n) is 4.98. The van der Waals surface area contributed by atoms with Crippen LogP contribution in [0.5, 0.6) is 0 Å². The SMILES string of the molecule is CCCCC1CCC(C(=O)N2CCC(CBr)C2)CC1. The largest absolute Gasteiger partial charge is 0.342 e. The molecule has 1 aliphatic carbocycles. The fourth-order valence-electron chi connectivity index (χ4n) is 3.61. The van der Waals surface area contributed by atoms with E-state index in [0.29, 0.717) is 17.7 Å². The van der Waals surface area contributed by atoms with E-state index in [1.807, 2.05) is 0 Å². The summed E-state index contributed by atoms with van der Waals surface area (Å²) in [6.07, 6.45) is 10.1. The van der Waals surface area contributed by atoms with Crippen LogP contribution in [0.4, 0.5) is 0 Å². The van der Waals surface area contributed by atoms with Crippen LogP contribution in [-0.4, -0.2) is 29.2 Å². The molecule has 0 aromatic rings. The molecule has 0 spiro atoms. The van der Waals surface area contributed by atoms with Crippen LogP contribution in [0, 0.1) is 17.8 Å². The number of halogens is 1. The molecule has 2 rings (SSSR count). The summed E-state index contributed by atoms with van der Waals surface area (Å²) in [4.78, 5) is 14.6. The van der Waals surface area contributed by atoms with E-state index >= 15 is 0 Å². The van der Waals surface area contributed by atoms with Crippen molar-refractivity contribution >= 4 is 21.8 Å². The first-order valence-electron chi connectivity index (χ1n) is 8.09. The molecule has 1 aliphatic heterocycles. The van der Waals surface area contributed by atoms with E-state index in [4.69, 9.17) is 0 Å². The third-order valence-corrected chi connectivity index (χ3v) is 5.89. The van der Waals surface area contributed by atoms with Crippen LogP contribution in [0.2, 0.25) is 0 Å². The topological polar surface area (TPSA) is 20.3 Å². The molecule has 110 valence electrons. The quantitative estimate of drug-likeness (QED) is 0.691. The van der Waals surface area contributed by atoms with Gasteiger partial charge in [0, 0.05) is 24.3 Å². The summed E-state index contributed by atoms with van der Waals surface area (Å²) < 4.78 is 0. The molecule has 3 heteroatoms. The molecule has 19 heavy (non-hydrogen) atoms. The molecule has 0 radical (unpaired) electrons. The van der Waals surface area contributed by atoms with Gasteiger partial charge >= 0.3 is 0 Å². The molecule has 1 unspecified atom stereocenters. The highest BCUT2D eigenvalue weighted by Crippen LogP contribution is 2.33. The maximum Gasteiger partial charge on any atom is 0.225 e. The van der Waals surface area contributed by atoms with Crippen molar-refractivity contribution in [3.05, 3.63) is 0 Å². The van der Waals surface area contributed by atoms with Gasteiger partial charge in [-0.15, -0.1) is 0 Å². The molecule has 1 atom stereocenters. The Morgan fingerprint density at radius 1 is 1.16 bits per heavy atom. The molecule has 2 fully saturated rings. The van der Waals surface area contributed by atoms with Gasteiger partial charge in [-0.3, -0.25) is 4.79 Å². The van der Waals surface area contributed by atoms with Crippen LogP contribution in [0.3, 0.4) is 0 Å². The zero-order valence-electron chi connectivity index (χ0n) is 12.2. The molecule has 2 nitrogen and oxygen atoms in total. The highest BCUT2D eigenvalue weighted by molar-refractivity contribution is 9.09. The van der Waals surface area contributed by atoms with E-state index in [1.165, 1.54) is 38.5 Å². The van der Waals surface area contributed by atoms with Crippen LogP contribution in [0.1, 0.15) is 58.3 Å². The van der Waals surface area contributed by atoms with Crippen molar-refractivity contribution in [2.45, 2.75) is 58.3 Å². The van der Waals surface area contributed by atoms with Crippen LogP contribution >= 0.6 is 15.9 Å². The standard InChI is InChI=1S/C16H28BrNO/c1-2-3-4-13-5-7-15(8-6-13)16(19)18-10-9-14(11-17)12-18/h13-15H,2-12H2,1H3. The number of hydrogen-bond acceptors (Lipinski definition) is 1. The monoisotopic (exact) mass is 329 g/mol. The average molecular weight is 330 g/mol. The van der Waals surface area contributed by atoms with E-state index in [1.54, 1.807) is 0 Å². The maximum absolute atomic E-state index is 12.5. The summed E-state index contributed by atoms with van der Waals surface area (Å²) in [6.45, 7) is 4.24. The van der Waals surface area contributed by atoms with Crippen molar-refractivity contribution < 1.29 is 4.79 Å². The van der Waals surface area contributed by atoms with E-state index in [0.717, 1.165) is 37.2 Å². The molecule has 0 N–H and O–H groups in total. The number of amides is 1. The second-order valence-corrected chi connectivity index (χ2v) is 7.10. The lowest BCUT2D eigenvalue weighted by molar-refractivity contribution is -0.135. The number of alkyl halides is 1. The van der Waals surface area contributed by atoms with E-state index < -0.39 is 0 Å². The number of hydrogen-bond donors (Lipinski definition) is 0. The van der Waals surface area contributed by atoms with Gasteiger partial charge in [-0.25, -0.2) is 0 Å². The van der Waals surface area contributed by atoms with Crippen molar-refractivity contribution in [3.8, 4) is 0 Å². The fraction of sp³-hybridized carbons (Fsp3) is 0.938. The second kappa shape index (κ2) is 7.66. The van der Waals surface area contributed by atoms with Gasteiger partial charge in [0.2, 0.25) is 5.91 Å². The number of carbonyl (C=O) groups is 1. The summed E-state index contributed by atoms with van der Waals surface area (Å²) in [5, 5.41) is 1.04. The molecule has 2 aliphatic rings. The lowest BCUT2D eigenvalue weighted by Gasteiger charge is -2.30. The van der Waals surface area contributed by atoms with Gasteiger partial charge in [-0.05, 0) is 43.9 Å². The first kappa shape index (κ1) is 15.3. The van der Waals surface area contributed by atoms with Crippen LogP contribution in [0.25, 0.3) is 0 Å². The van der Waals surface area contributed by atoms with Crippen molar-refractivity contribution in [2.75, 3.05) is 18.4 Å². The molecule has 0 bridgehead atoms. The molecule has 1 heterocycles. The van der Waals surface area contributed by atoms with E-state index in [-0.39, 0.29) is 0 Å². The minimum absolute atomic E-state index is 0.340. The molecule has 1 saturated carbocycles. The number of nitrogens with zero attached hydrogens (tertiary/aromatic N) is 1. The lowest BCUT2D eigenvalue weighted by Crippen LogP contribution is -2.36. The van der Waals surface area contributed by atoms with Gasteiger partial charge in [0.15, 0.2) is 0 Å². The van der Waals surface area contributed by atoms with Gasteiger partial charge in [-0.2, -0.15) is 0 Å². The Morgan fingerprint density at radius 2 is 1.89 bits per heavy atom. The molecule has 0 aromatic heterocycles. The average Bonchev–Trinajstić information content (AvgIpc) is 2.94. The Hall–Kier alpha value is -0.0500. The Morgan fingerprint density at radius 3 is 2.47 bits per heavy atom. The predicted octanol–water partition coefficient (Wildman–Crippen LogP) is 4.23. The molecular weight excluding hydrogens is 302 g/mol. The molecule has 1 saturated heterocycles. The summed E-state index contributed by atoms with van der Waals surface area (Å²) >= 11 is 3.54. The Labute approximate surface area is 126 Å². The summed E-state index contributed by atoms with van der Waals surface area (Å²) in [6, 6.07) is 0. The third kappa shape index (κ3) is 4.21. The number of unbranched alkanes of at least 4 members (excludes halogenated alkanes) is 1.